The number of aliphatic hydroxyl groups is 1. The molecule has 3 saturated heterocycles. The van der Waals surface area contributed by atoms with Gasteiger partial charge in [-0.1, -0.05) is 6.08 Å². The summed E-state index contributed by atoms with van der Waals surface area (Å²) in [4.78, 5) is 15.9. The van der Waals surface area contributed by atoms with E-state index in [0.29, 0.717) is 11.8 Å². The minimum Gasteiger partial charge on any atom is -1.00 e. The number of hydrogen-bond acceptors (Lipinski definition) is 5. The van der Waals surface area contributed by atoms with E-state index < -0.39 is 12.1 Å². The number of methoxy groups -OCH3 is 1. The van der Waals surface area contributed by atoms with Crippen molar-refractivity contribution in [1.82, 2.24) is 9.88 Å². The first kappa shape index (κ1) is 23.6. The van der Waals surface area contributed by atoms with Gasteiger partial charge in [0.15, 0.2) is 0 Å². The van der Waals surface area contributed by atoms with E-state index in [0.717, 1.165) is 48.6 Å². The third-order valence-electron chi connectivity index (χ3n) is 5.82. The third-order valence-corrected chi connectivity index (χ3v) is 5.82. The van der Waals surface area contributed by atoms with Crippen molar-refractivity contribution in [1.29, 1.82) is 0 Å². The predicted octanol–water partition coefficient (Wildman–Crippen LogP) is 3.11. The number of carbonyl (C=O) groups is 1. The first-order chi connectivity index (χ1) is 13.4. The van der Waals surface area contributed by atoms with Crippen LogP contribution in [0.1, 0.15) is 34.3 Å². The SMILES string of the molecule is C=C[C@H]1CN2CC[C@H]1C[C@H]2[C@H](O)c1ccnc2ccc(OC)cc12.CC(=O)O.[H-].[H-].[Mg+2]. The summed E-state index contributed by atoms with van der Waals surface area (Å²) in [6, 6.07) is 7.96. The second-order valence-corrected chi connectivity index (χ2v) is 7.49. The number of hydrogen-bond donors (Lipinski definition) is 2. The van der Waals surface area contributed by atoms with Crippen LogP contribution in [0.2, 0.25) is 0 Å². The number of carboxylic acid groups (broad SMARTS) is 1. The molecule has 7 heteroatoms. The number of fused-ring (bicyclic) bond motifs is 4. The quantitative estimate of drug-likeness (QED) is 0.595. The van der Waals surface area contributed by atoms with Gasteiger partial charge in [-0.25, -0.2) is 0 Å². The summed E-state index contributed by atoms with van der Waals surface area (Å²) < 4.78 is 5.35. The Morgan fingerprint density at radius 3 is 2.76 bits per heavy atom. The molecule has 3 aliphatic rings. The Labute approximate surface area is 190 Å². The van der Waals surface area contributed by atoms with Gasteiger partial charge in [0.1, 0.15) is 5.75 Å². The summed E-state index contributed by atoms with van der Waals surface area (Å²) in [5.74, 6) is 1.17. The number of piperidine rings is 3. The van der Waals surface area contributed by atoms with Gasteiger partial charge >= 0.3 is 23.1 Å². The molecule has 2 N–H and O–H groups in total. The van der Waals surface area contributed by atoms with Crippen molar-refractivity contribution in [2.75, 3.05) is 20.2 Å². The van der Waals surface area contributed by atoms with Gasteiger partial charge < -0.3 is 17.8 Å². The zero-order valence-electron chi connectivity index (χ0n) is 19.1. The largest absolute Gasteiger partial charge is 2.00 e. The summed E-state index contributed by atoms with van der Waals surface area (Å²) in [6.45, 7) is 7.15. The minimum absolute atomic E-state index is 0. The molecule has 5 rings (SSSR count). The normalized spacial score (nSPS) is 25.9. The number of ether oxygens (including phenoxy) is 1. The molecule has 154 valence electrons. The van der Waals surface area contributed by atoms with Gasteiger partial charge in [0.2, 0.25) is 0 Å². The second kappa shape index (κ2) is 10.4. The van der Waals surface area contributed by atoms with Gasteiger partial charge in [0.25, 0.3) is 5.97 Å². The average Bonchev–Trinajstić information content (AvgIpc) is 2.72. The molecular formula is C22H30MgN2O4. The maximum absolute atomic E-state index is 11.2. The summed E-state index contributed by atoms with van der Waals surface area (Å²) in [6.07, 6.45) is 5.62. The van der Waals surface area contributed by atoms with Crippen molar-refractivity contribution < 1.29 is 22.6 Å². The van der Waals surface area contributed by atoms with E-state index in [-0.39, 0.29) is 31.9 Å². The molecule has 4 heterocycles. The fourth-order valence-electron chi connectivity index (χ4n) is 4.44. The van der Waals surface area contributed by atoms with Crippen LogP contribution in [0.25, 0.3) is 10.9 Å². The summed E-state index contributed by atoms with van der Waals surface area (Å²) in [7, 11) is 1.66. The average molecular weight is 411 g/mol. The minimum atomic E-state index is -0.833. The monoisotopic (exact) mass is 410 g/mol. The molecule has 0 amide bonds. The molecule has 1 aromatic heterocycles. The Morgan fingerprint density at radius 2 is 2.17 bits per heavy atom. The number of benzene rings is 1. The smallest absolute Gasteiger partial charge is 1.00 e. The molecule has 0 aliphatic carbocycles. The zero-order chi connectivity index (χ0) is 20.3. The molecule has 2 bridgehead atoms. The molecule has 5 atom stereocenters. The Kier molecular flexibility index (Phi) is 8.45. The van der Waals surface area contributed by atoms with Crippen molar-refractivity contribution in [3.8, 4) is 5.75 Å². The van der Waals surface area contributed by atoms with E-state index in [1.165, 1.54) is 6.42 Å². The Morgan fingerprint density at radius 1 is 1.45 bits per heavy atom. The van der Waals surface area contributed by atoms with Crippen molar-refractivity contribution in [3.05, 3.63) is 48.7 Å². The van der Waals surface area contributed by atoms with Crippen molar-refractivity contribution in [3.63, 3.8) is 0 Å². The number of aromatic nitrogens is 1. The summed E-state index contributed by atoms with van der Waals surface area (Å²) in [5.41, 5.74) is 1.85. The van der Waals surface area contributed by atoms with Crippen LogP contribution in [0.15, 0.2) is 43.1 Å². The van der Waals surface area contributed by atoms with Gasteiger partial charge in [-0.2, -0.15) is 0 Å². The molecule has 3 fully saturated rings. The van der Waals surface area contributed by atoms with E-state index in [1.807, 2.05) is 24.3 Å². The topological polar surface area (TPSA) is 82.9 Å². The first-order valence-corrected chi connectivity index (χ1v) is 9.61. The number of pyridine rings is 1. The molecule has 0 radical (unpaired) electrons. The number of rotatable bonds is 4. The van der Waals surface area contributed by atoms with E-state index in [1.54, 1.807) is 13.3 Å². The van der Waals surface area contributed by atoms with Crippen LogP contribution in [0.4, 0.5) is 0 Å². The Bertz CT molecular complexity index is 867. The van der Waals surface area contributed by atoms with Crippen LogP contribution in [-0.4, -0.2) is 75.4 Å². The molecule has 2 aromatic rings. The molecule has 29 heavy (non-hydrogen) atoms. The predicted molar refractivity (Wildman–Crippen MR) is 116 cm³/mol. The van der Waals surface area contributed by atoms with E-state index >= 15 is 0 Å². The molecule has 1 unspecified atom stereocenters. The van der Waals surface area contributed by atoms with Crippen LogP contribution in [0.5, 0.6) is 5.75 Å². The number of nitrogens with zero attached hydrogens (tertiary/aromatic N) is 2. The van der Waals surface area contributed by atoms with Crippen molar-refractivity contribution in [2.24, 2.45) is 11.8 Å². The summed E-state index contributed by atoms with van der Waals surface area (Å²) >= 11 is 0. The third kappa shape index (κ3) is 5.28. The molecule has 0 spiro atoms. The van der Waals surface area contributed by atoms with Gasteiger partial charge in [0.05, 0.1) is 18.7 Å². The van der Waals surface area contributed by atoms with E-state index in [2.05, 4.69) is 22.5 Å². The van der Waals surface area contributed by atoms with E-state index in [4.69, 9.17) is 14.6 Å². The van der Waals surface area contributed by atoms with Crippen molar-refractivity contribution in [2.45, 2.75) is 31.9 Å². The van der Waals surface area contributed by atoms with Crippen molar-refractivity contribution >= 4 is 39.9 Å². The van der Waals surface area contributed by atoms with Crippen LogP contribution in [0.3, 0.4) is 0 Å². The Hall–Kier alpha value is -1.67. The van der Waals surface area contributed by atoms with Gasteiger partial charge in [-0.05, 0) is 61.1 Å². The molecule has 1 aromatic carbocycles. The first-order valence-electron chi connectivity index (χ1n) is 9.61. The van der Waals surface area contributed by atoms with Crippen LogP contribution < -0.4 is 4.74 Å². The molecular weight excluding hydrogens is 381 g/mol. The fourth-order valence-corrected chi connectivity index (χ4v) is 4.44. The zero-order valence-corrected chi connectivity index (χ0v) is 18.5. The molecule has 3 aliphatic heterocycles. The fraction of sp³-hybridized carbons (Fsp3) is 0.455. The number of carboxylic acids is 1. The standard InChI is InChI=1S/C20H24N2O2.C2H4O2.Mg.2H/c1-3-13-12-22-9-7-14(13)10-19(22)20(23)16-6-8-21-18-5-4-15(24-2)11-17(16)18;1-2(3)4;;;/h3-6,8,11,13-14,19-20,23H,1,7,9-10,12H2,2H3;1H3,(H,3,4);;;/q;;+2;2*-1/t13-,14-,19-,20+;;;;/m0..../s1. The Balaban J connectivity index is 0.00000119. The number of aliphatic hydroxyl groups excluding tert-OH is 1. The maximum atomic E-state index is 11.2. The number of aliphatic carboxylic acids is 1. The van der Waals surface area contributed by atoms with Gasteiger partial charge in [-0.3, -0.25) is 14.7 Å². The maximum Gasteiger partial charge on any atom is 2.00 e. The molecule has 0 saturated carbocycles. The molecule has 6 nitrogen and oxygen atoms in total. The van der Waals surface area contributed by atoms with Gasteiger partial charge in [-0.15, -0.1) is 6.58 Å². The van der Waals surface area contributed by atoms with Crippen LogP contribution >= 0.6 is 0 Å². The van der Waals surface area contributed by atoms with Crippen LogP contribution in [-0.2, 0) is 4.79 Å². The van der Waals surface area contributed by atoms with E-state index in [9.17, 15) is 5.11 Å². The summed E-state index contributed by atoms with van der Waals surface area (Å²) in [5, 5.41) is 19.5. The second-order valence-electron chi connectivity index (χ2n) is 7.49. The van der Waals surface area contributed by atoms with Crippen LogP contribution in [0, 0.1) is 11.8 Å². The van der Waals surface area contributed by atoms with Gasteiger partial charge in [0, 0.05) is 31.1 Å².